The molecule has 8 aliphatic rings. The molecule has 38 heteroatoms. The van der Waals surface area contributed by atoms with E-state index in [0.717, 1.165) is 134 Å². The molecule has 5 unspecified atom stereocenters. The number of hydrogen-bond donors (Lipinski definition) is 9. The molecule has 764 valence electrons. The number of amides is 7. The van der Waals surface area contributed by atoms with Crippen LogP contribution in [0.5, 0.6) is 0 Å². The predicted octanol–water partition coefficient (Wildman–Crippen LogP) is 12.0. The number of carbonyl (C=O) groups is 6. The lowest BCUT2D eigenvalue weighted by Crippen LogP contribution is -2.46. The zero-order valence-corrected chi connectivity index (χ0v) is 83.4. The molecule has 8 fully saturated rings. The van der Waals surface area contributed by atoms with E-state index in [1.165, 1.54) is 35.9 Å². The summed E-state index contributed by atoms with van der Waals surface area (Å²) in [6.07, 6.45) is 28.9. The minimum absolute atomic E-state index is 0. The summed E-state index contributed by atoms with van der Waals surface area (Å²) in [4.78, 5) is 86.8. The number of piperidine rings is 1. The first-order valence-electron chi connectivity index (χ1n) is 48.4. The Morgan fingerprint density at radius 2 is 0.856 bits per heavy atom. The van der Waals surface area contributed by atoms with Crippen LogP contribution in [0, 0.1) is 83.8 Å². The molecule has 9 N–H and O–H groups in total. The van der Waals surface area contributed by atoms with Crippen LogP contribution in [0.2, 0.25) is 0 Å². The minimum Gasteiger partial charge on any atom is -0.376 e. The topological polar surface area (TPSA) is 432 Å². The molecule has 34 nitrogen and oxygen atoms in total. The van der Waals surface area contributed by atoms with E-state index in [0.29, 0.717) is 113 Å². The van der Waals surface area contributed by atoms with E-state index in [-0.39, 0.29) is 107 Å². The lowest BCUT2D eigenvalue weighted by Gasteiger charge is -2.30. The van der Waals surface area contributed by atoms with Gasteiger partial charge in [-0.25, -0.2) is 39.9 Å². The predicted molar refractivity (Wildman–Crippen MR) is 553 cm³/mol. The summed E-state index contributed by atoms with van der Waals surface area (Å²) in [5, 5.41) is 64.6. The number of urea groups is 1. The number of halogens is 2. The van der Waals surface area contributed by atoms with Crippen molar-refractivity contribution in [3.05, 3.63) is 282 Å². The van der Waals surface area contributed by atoms with Crippen LogP contribution in [-0.2, 0) is 34.1 Å². The van der Waals surface area contributed by atoms with Crippen molar-refractivity contribution >= 4 is 61.4 Å². The van der Waals surface area contributed by atoms with Crippen molar-refractivity contribution in [2.24, 2.45) is 14.1 Å². The van der Waals surface area contributed by atoms with Crippen molar-refractivity contribution in [2.75, 3.05) is 104 Å². The lowest BCUT2D eigenvalue weighted by molar-refractivity contribution is 0.0907. The van der Waals surface area contributed by atoms with Gasteiger partial charge in [-0.3, -0.25) is 38.7 Å². The number of likely N-dealkylation sites (N-methyl/N-ethyl adjacent to an activating group) is 1. The van der Waals surface area contributed by atoms with Gasteiger partial charge in [-0.1, -0.05) is 154 Å². The molecule has 10 aromatic rings. The second-order valence-electron chi connectivity index (χ2n) is 37.2. The normalized spacial score (nSPS) is 19.3. The zero-order chi connectivity index (χ0) is 103. The first-order valence-corrected chi connectivity index (χ1v) is 51.4. The fourth-order valence-corrected chi connectivity index (χ4v) is 21.1. The van der Waals surface area contributed by atoms with E-state index in [9.17, 15) is 54.4 Å². The first kappa shape index (κ1) is 109. The van der Waals surface area contributed by atoms with E-state index >= 15 is 0 Å². The third-order valence-corrected chi connectivity index (χ3v) is 29.5. The molecule has 0 radical (unpaired) electrons. The van der Waals surface area contributed by atoms with Gasteiger partial charge in [0, 0.05) is 199 Å². The highest BCUT2D eigenvalue weighted by atomic mass is 32.2. The average molecular weight is 2020 g/mol. The molecule has 8 aromatic carbocycles. The molecule has 9 heterocycles. The van der Waals surface area contributed by atoms with Crippen LogP contribution in [-0.4, -0.2) is 253 Å². The van der Waals surface area contributed by atoms with Crippen molar-refractivity contribution in [3.63, 3.8) is 0 Å². The van der Waals surface area contributed by atoms with Crippen molar-refractivity contribution in [2.45, 2.75) is 156 Å². The average Bonchev–Trinajstić information content (AvgIpc) is 1.64. The van der Waals surface area contributed by atoms with E-state index in [2.05, 4.69) is 118 Å². The Balaban J connectivity index is 0.000000157. The Morgan fingerprint density at radius 3 is 1.27 bits per heavy atom. The summed E-state index contributed by atoms with van der Waals surface area (Å²) in [6.45, 7) is 16.6. The van der Waals surface area contributed by atoms with Gasteiger partial charge in [0.05, 0.1) is 22.0 Å². The standard InChI is InChI=1S/C22H23F2N7O.C19H22N2O.C18H23N5O3S.C18H17N3O.C17H22N4O3S.C13H15N3O.CH4/c1-5-31-11-16(14-6-7-17(23)18(24)8-14)19(12-31)26-22(32)27-21-13(2)20(28-30(21)4)15-9-25-29(3)10-15;1-21-13-5-8-18(14-21)20-19(22)17-11-9-16(10-12-17)15-6-3-2-4-7-15;1-2-22-8-7-16(12-22)21-27(25,26)17-5-3-4-14(10-17)18(24)20-15-6-9-23(11-15)13-19;19-13-21-11-10-17(12-21)20-18(22)16-8-6-15(7-9-16)14-4-2-1-3-5-14;18-12-21-9-8-15(11-21)19-17(22)13-4-3-7-16(10-13)25(23,24)20-14-5-1-2-6-14;1-10-2-4-11(5-3-10)13(17)15-12-6-7-16(8-12)9-14;/h1,6-10,16,19H,11-12H2,2-4H3,(H2,26,27,32);2-4,6-7,9-12,18H,5,8,13-14H2,1H3,(H,20,22);2-5,10,15-16,21H,1,6-9,11-12H2,(H,20,24);1-9,17H,10-12H2,(H,20,22);3-4,7,10,14-15,20H,1-2,5-6,8-9,11H2,(H,19,22);2-5,12H,6-8H2,1H3,(H,15,17);1H4/t16?,19-;;15?,16-;;;12-;/m1.1..1./s1. The number of rotatable bonds is 23. The molecule has 0 spiro atoms. The number of likely N-dealkylation sites (tertiary alicyclic amines) is 7. The van der Waals surface area contributed by atoms with Gasteiger partial charge in [-0.15, -0.1) is 0 Å². The molecule has 7 aliphatic heterocycles. The second-order valence-corrected chi connectivity index (χ2v) is 40.6. The van der Waals surface area contributed by atoms with E-state index in [1.807, 2.05) is 153 Å². The maximum absolute atomic E-state index is 13.8. The quantitative estimate of drug-likeness (QED) is 0.0212. The molecule has 0 bridgehead atoms. The number of sulfonamides is 2. The molecule has 7 amide bonds. The zero-order valence-electron chi connectivity index (χ0n) is 81.8. The molecule has 2 aromatic heterocycles. The number of hydrogen-bond acceptors (Lipinski definition) is 23. The molecule has 18 rings (SSSR count). The molecular formula is C108H126F2N24O10S2. The number of nitriles is 4. The number of aromatic nitrogens is 4. The van der Waals surface area contributed by atoms with Crippen LogP contribution in [0.1, 0.15) is 152 Å². The van der Waals surface area contributed by atoms with Gasteiger partial charge in [0.15, 0.2) is 36.4 Å². The monoisotopic (exact) mass is 2020 g/mol. The van der Waals surface area contributed by atoms with E-state index < -0.39 is 37.7 Å². The van der Waals surface area contributed by atoms with Crippen LogP contribution in [0.15, 0.2) is 235 Å². The van der Waals surface area contributed by atoms with Crippen LogP contribution in [0.25, 0.3) is 33.5 Å². The number of benzene rings is 8. The molecule has 1 aliphatic carbocycles. The molecular weight excluding hydrogens is 1900 g/mol. The van der Waals surface area contributed by atoms with Gasteiger partial charge in [0.2, 0.25) is 20.0 Å². The molecule has 146 heavy (non-hydrogen) atoms. The maximum Gasteiger partial charge on any atom is 0.320 e. The molecule has 1 saturated carbocycles. The third kappa shape index (κ3) is 30.8. The van der Waals surface area contributed by atoms with Crippen LogP contribution < -0.4 is 46.7 Å². The SMILES string of the molecule is C.C#CN1CC(c2ccc(F)c(F)c2)[C@H](NC(=O)Nc2c(C)c(-c3cnn(C)c3)nn2C)C1.C=CN1CC[C@@H](NS(=O)(=O)c2cccc(C(=O)NC3CCN(C#N)C3)c2)C1.CN1CCCC(NC(=O)c2ccc(-c3ccccc3)cc2)C1.Cc1ccc(C(=O)N[C@@H]2CCN(C#N)C2)cc1.N#CN1CCC(NC(=O)c2ccc(-c3ccccc3)cc2)C1.N#CN1CCC(NC(=O)c2cccc(S(=O)(=O)NC3CCCC3)c2)C1. The highest BCUT2D eigenvalue weighted by Crippen LogP contribution is 2.33. The van der Waals surface area contributed by atoms with Crippen LogP contribution >= 0.6 is 0 Å². The minimum atomic E-state index is -3.71. The maximum atomic E-state index is 13.8. The summed E-state index contributed by atoms with van der Waals surface area (Å²) in [7, 11) is -1.67. The van der Waals surface area contributed by atoms with Gasteiger partial charge in [0.1, 0.15) is 11.5 Å². The van der Waals surface area contributed by atoms with Crippen LogP contribution in [0.4, 0.5) is 19.4 Å². The summed E-state index contributed by atoms with van der Waals surface area (Å²) in [5.41, 5.74) is 11.2. The Bertz CT molecular complexity index is 6640. The Labute approximate surface area is 853 Å². The van der Waals surface area contributed by atoms with Gasteiger partial charge >= 0.3 is 6.03 Å². The number of anilines is 1. The Hall–Kier alpha value is -15.5. The summed E-state index contributed by atoms with van der Waals surface area (Å²) in [6, 6.07) is 60.8. The molecule has 7 saturated heterocycles. The van der Waals surface area contributed by atoms with Gasteiger partial charge in [-0.05, 0) is 204 Å². The Kier molecular flexibility index (Phi) is 39.0. The van der Waals surface area contributed by atoms with Gasteiger partial charge < -0.3 is 66.2 Å². The first-order chi connectivity index (χ1) is 69.8. The number of terminal acetylenes is 1. The Morgan fingerprint density at radius 1 is 0.432 bits per heavy atom. The number of carbonyl (C=O) groups excluding carboxylic acids is 6. The summed E-state index contributed by atoms with van der Waals surface area (Å²) >= 11 is 0. The van der Waals surface area contributed by atoms with Crippen molar-refractivity contribution in [1.29, 1.82) is 21.0 Å². The third-order valence-electron chi connectivity index (χ3n) is 26.4. The number of aryl methyl sites for hydroxylation is 3. The largest absolute Gasteiger partial charge is 0.376 e. The smallest absolute Gasteiger partial charge is 0.320 e. The highest BCUT2D eigenvalue weighted by molar-refractivity contribution is 7.89. The van der Waals surface area contributed by atoms with Gasteiger partial charge in [-0.2, -0.15) is 31.2 Å². The number of nitrogens with zero attached hydrogens (tertiary/aromatic N) is 15. The van der Waals surface area contributed by atoms with E-state index in [4.69, 9.17) is 27.5 Å². The van der Waals surface area contributed by atoms with Crippen molar-refractivity contribution in [3.8, 4) is 70.8 Å². The fourth-order valence-electron chi connectivity index (χ4n) is 18.4. The lowest BCUT2D eigenvalue weighted by atomic mass is 9.94. The second kappa shape index (κ2) is 52.1. The summed E-state index contributed by atoms with van der Waals surface area (Å²) < 4.78 is 86.2. The molecule has 8 atom stereocenters. The van der Waals surface area contributed by atoms with Crippen molar-refractivity contribution in [1.82, 2.24) is 95.2 Å². The van der Waals surface area contributed by atoms with Crippen molar-refractivity contribution < 1.29 is 54.4 Å². The number of nitrogens with one attached hydrogen (secondary N) is 9. The summed E-state index contributed by atoms with van der Waals surface area (Å²) in [5.74, 6) is -2.36. The van der Waals surface area contributed by atoms with Gasteiger partial charge in [0.25, 0.3) is 29.5 Å². The fraction of sp³-hybridized carbons (Fsp3) is 0.370. The highest BCUT2D eigenvalue weighted by Gasteiger charge is 2.37. The van der Waals surface area contributed by atoms with E-state index in [1.54, 1.807) is 77.6 Å². The van der Waals surface area contributed by atoms with Crippen LogP contribution in [0.3, 0.4) is 0 Å².